The molecule has 2 N–H and O–H groups in total. The number of anilines is 1. The van der Waals surface area contributed by atoms with E-state index < -0.39 is 33.3 Å². The molecule has 0 saturated heterocycles. The molecule has 0 spiro atoms. The largest absolute Gasteiger partial charge is 0.487 e. The van der Waals surface area contributed by atoms with Crippen LogP contribution in [0.5, 0.6) is 11.5 Å². The number of esters is 1. The van der Waals surface area contributed by atoms with Gasteiger partial charge < -0.3 is 29.3 Å². The molecule has 1 amide bonds. The zero-order valence-electron chi connectivity index (χ0n) is 22.7. The monoisotopic (exact) mass is 582 g/mol. The zero-order valence-corrected chi connectivity index (χ0v) is 23.5. The van der Waals surface area contributed by atoms with E-state index in [-0.39, 0.29) is 40.7 Å². The molecular formula is C29H27FN2O8S. The Bertz CT molecular complexity index is 1780. The Morgan fingerprint density at radius 3 is 2.46 bits per heavy atom. The van der Waals surface area contributed by atoms with Crippen molar-refractivity contribution in [2.24, 2.45) is 0 Å². The number of amides is 1. The van der Waals surface area contributed by atoms with Gasteiger partial charge in [-0.2, -0.15) is 0 Å². The molecule has 0 bridgehead atoms. The van der Waals surface area contributed by atoms with Gasteiger partial charge in [-0.05, 0) is 48.0 Å². The van der Waals surface area contributed by atoms with Crippen molar-refractivity contribution in [1.29, 1.82) is 0 Å². The van der Waals surface area contributed by atoms with Gasteiger partial charge in [0.1, 0.15) is 46.7 Å². The van der Waals surface area contributed by atoms with Crippen molar-refractivity contribution in [1.82, 2.24) is 5.32 Å². The van der Waals surface area contributed by atoms with Crippen LogP contribution in [0, 0.1) is 5.82 Å². The number of cyclic esters (lactones) is 1. The van der Waals surface area contributed by atoms with Crippen molar-refractivity contribution < 1.29 is 41.0 Å². The molecule has 0 unspecified atom stereocenters. The predicted octanol–water partition coefficient (Wildman–Crippen LogP) is 4.88. The van der Waals surface area contributed by atoms with Crippen LogP contribution >= 0.6 is 0 Å². The van der Waals surface area contributed by atoms with Gasteiger partial charge in [0.25, 0.3) is 5.91 Å². The van der Waals surface area contributed by atoms with Gasteiger partial charge in [0.05, 0.1) is 11.3 Å². The Morgan fingerprint density at radius 1 is 1.05 bits per heavy atom. The lowest BCUT2D eigenvalue weighted by Gasteiger charge is -2.31. The van der Waals surface area contributed by atoms with Gasteiger partial charge in [0.2, 0.25) is 5.79 Å². The zero-order chi connectivity index (χ0) is 29.5. The number of hydrogen-bond acceptors (Lipinski definition) is 9. The van der Waals surface area contributed by atoms with Gasteiger partial charge in [0.15, 0.2) is 9.84 Å². The predicted molar refractivity (Wildman–Crippen MR) is 149 cm³/mol. The summed E-state index contributed by atoms with van der Waals surface area (Å²) in [6.45, 7) is 3.27. The minimum Gasteiger partial charge on any atom is -0.487 e. The summed E-state index contributed by atoms with van der Waals surface area (Å²) in [6, 6.07) is 13.6. The summed E-state index contributed by atoms with van der Waals surface area (Å²) in [5, 5.41) is 5.86. The number of hydrogen-bond donors (Lipinski definition) is 2. The lowest BCUT2D eigenvalue weighted by atomic mass is 10.0. The Kier molecular flexibility index (Phi) is 7.12. The number of furan rings is 1. The molecule has 4 aromatic rings. The van der Waals surface area contributed by atoms with Crippen molar-refractivity contribution >= 4 is 38.4 Å². The molecule has 10 nitrogen and oxygen atoms in total. The highest BCUT2D eigenvalue weighted by Crippen LogP contribution is 2.40. The number of rotatable bonds is 8. The van der Waals surface area contributed by atoms with Crippen molar-refractivity contribution in [2.45, 2.75) is 26.2 Å². The molecule has 1 aliphatic rings. The second kappa shape index (κ2) is 10.4. The molecule has 12 heteroatoms. The fourth-order valence-electron chi connectivity index (χ4n) is 4.38. The van der Waals surface area contributed by atoms with Crippen molar-refractivity contribution in [2.75, 3.05) is 24.5 Å². The molecule has 1 aliphatic heterocycles. The van der Waals surface area contributed by atoms with Crippen LogP contribution in [0.4, 0.5) is 10.1 Å². The Labute approximate surface area is 235 Å². The number of carbonyl (C=O) groups excluding carboxylic acids is 2. The Hall–Kier alpha value is -4.58. The summed E-state index contributed by atoms with van der Waals surface area (Å²) < 4.78 is 60.6. The van der Waals surface area contributed by atoms with Crippen LogP contribution in [0.2, 0.25) is 0 Å². The molecule has 0 atom stereocenters. The van der Waals surface area contributed by atoms with Crippen LogP contribution in [0.25, 0.3) is 22.3 Å². The average Bonchev–Trinajstić information content (AvgIpc) is 3.27. The first kappa shape index (κ1) is 28.0. The Morgan fingerprint density at radius 2 is 1.78 bits per heavy atom. The van der Waals surface area contributed by atoms with Crippen molar-refractivity contribution in [3.05, 3.63) is 77.1 Å². The molecule has 41 heavy (non-hydrogen) atoms. The van der Waals surface area contributed by atoms with Crippen LogP contribution in [0.3, 0.4) is 0 Å². The van der Waals surface area contributed by atoms with E-state index in [0.29, 0.717) is 28.0 Å². The number of fused-ring (bicyclic) bond motifs is 2. The third-order valence-corrected chi connectivity index (χ3v) is 6.90. The van der Waals surface area contributed by atoms with Crippen molar-refractivity contribution in [3.8, 4) is 22.8 Å². The van der Waals surface area contributed by atoms with E-state index in [0.717, 1.165) is 6.26 Å². The summed E-state index contributed by atoms with van der Waals surface area (Å²) in [5.74, 6) is -2.08. The van der Waals surface area contributed by atoms with Crippen LogP contribution in [0.15, 0.2) is 59.0 Å². The van der Waals surface area contributed by atoms with Crippen LogP contribution in [0.1, 0.15) is 40.1 Å². The van der Waals surface area contributed by atoms with Gasteiger partial charge in [0, 0.05) is 44.2 Å². The van der Waals surface area contributed by atoms with Crippen LogP contribution < -0.4 is 20.1 Å². The van der Waals surface area contributed by atoms with E-state index in [1.807, 2.05) is 0 Å². The SMILES string of the molecule is CNC(=O)c1c(-c2ccc(F)cc2)oc2cc(NCS(C)(=O)=O)c(OCc3ccc4c(c3)OC(C)(C)OC4=O)cc12. The van der Waals surface area contributed by atoms with E-state index in [2.05, 4.69) is 10.6 Å². The first-order valence-electron chi connectivity index (χ1n) is 12.5. The average molecular weight is 583 g/mol. The van der Waals surface area contributed by atoms with E-state index in [4.69, 9.17) is 18.6 Å². The topological polar surface area (TPSA) is 133 Å². The van der Waals surface area contributed by atoms with E-state index in [1.54, 1.807) is 44.2 Å². The van der Waals surface area contributed by atoms with E-state index in [9.17, 15) is 22.4 Å². The summed E-state index contributed by atoms with van der Waals surface area (Å²) in [6.07, 6.45) is 1.09. The number of sulfone groups is 1. The number of benzene rings is 3. The highest BCUT2D eigenvalue weighted by Gasteiger charge is 2.34. The number of nitrogens with one attached hydrogen (secondary N) is 2. The van der Waals surface area contributed by atoms with Crippen LogP contribution in [-0.2, 0) is 21.2 Å². The fraction of sp³-hybridized carbons (Fsp3) is 0.241. The maximum Gasteiger partial charge on any atom is 0.345 e. The summed E-state index contributed by atoms with van der Waals surface area (Å²) in [5.41, 5.74) is 2.22. The molecule has 0 aliphatic carbocycles. The van der Waals surface area contributed by atoms with Gasteiger partial charge >= 0.3 is 5.97 Å². The first-order chi connectivity index (χ1) is 19.3. The van der Waals surface area contributed by atoms with Gasteiger partial charge in [-0.1, -0.05) is 6.07 Å². The lowest BCUT2D eigenvalue weighted by Crippen LogP contribution is -2.38. The summed E-state index contributed by atoms with van der Waals surface area (Å²) in [4.78, 5) is 25.3. The highest BCUT2D eigenvalue weighted by atomic mass is 32.2. The highest BCUT2D eigenvalue weighted by molar-refractivity contribution is 7.90. The maximum atomic E-state index is 13.6. The second-order valence-electron chi connectivity index (χ2n) is 9.99. The summed E-state index contributed by atoms with van der Waals surface area (Å²) >= 11 is 0. The normalized spacial score (nSPS) is 14.1. The number of carbonyl (C=O) groups is 2. The molecule has 0 saturated carbocycles. The minimum atomic E-state index is -3.41. The lowest BCUT2D eigenvalue weighted by molar-refractivity contribution is -0.127. The Balaban J connectivity index is 1.56. The standard InChI is InChI=1S/C29H27FN2O8S/c1-29(2)39-23-11-16(5-10-19(23)28(34)40-29)14-37-24-12-20-22(13-21(24)32-15-41(4,35)36)38-26(25(20)27(33)31-3)17-6-8-18(30)9-7-17/h5-13,32H,14-15H2,1-4H3,(H,31,33). The molecule has 0 fully saturated rings. The smallest absolute Gasteiger partial charge is 0.345 e. The second-order valence-corrected chi connectivity index (χ2v) is 12.1. The molecule has 214 valence electrons. The molecule has 3 aromatic carbocycles. The number of halogens is 1. The van der Waals surface area contributed by atoms with E-state index >= 15 is 0 Å². The first-order valence-corrected chi connectivity index (χ1v) is 14.6. The molecule has 5 rings (SSSR count). The summed E-state index contributed by atoms with van der Waals surface area (Å²) in [7, 11) is -1.93. The third-order valence-electron chi connectivity index (χ3n) is 6.23. The molecular weight excluding hydrogens is 555 g/mol. The van der Waals surface area contributed by atoms with Gasteiger partial charge in [-0.15, -0.1) is 0 Å². The van der Waals surface area contributed by atoms with Gasteiger partial charge in [-0.25, -0.2) is 17.6 Å². The fourth-order valence-corrected chi connectivity index (χ4v) is 4.80. The molecule has 2 heterocycles. The molecule has 0 radical (unpaired) electrons. The van der Waals surface area contributed by atoms with Crippen molar-refractivity contribution in [3.63, 3.8) is 0 Å². The number of ether oxygens (including phenoxy) is 3. The van der Waals surface area contributed by atoms with Gasteiger partial charge in [-0.3, -0.25) is 4.79 Å². The van der Waals surface area contributed by atoms with E-state index in [1.165, 1.54) is 31.3 Å². The third kappa shape index (κ3) is 5.97. The maximum absolute atomic E-state index is 13.6. The minimum absolute atomic E-state index is 0.0170. The molecule has 1 aromatic heterocycles. The van der Waals surface area contributed by atoms with Crippen LogP contribution in [-0.4, -0.2) is 45.3 Å². The quantitative estimate of drug-likeness (QED) is 0.279.